The van der Waals surface area contributed by atoms with Gasteiger partial charge in [-0.25, -0.2) is 22.0 Å². The molecule has 0 bridgehead atoms. The van der Waals surface area contributed by atoms with Crippen molar-refractivity contribution in [3.8, 4) is 0 Å². The van der Waals surface area contributed by atoms with Gasteiger partial charge in [0.15, 0.2) is 23.3 Å². The van der Waals surface area contributed by atoms with Crippen LogP contribution >= 0.6 is 11.8 Å². The molecule has 7 heteroatoms. The molecule has 0 saturated heterocycles. The Kier molecular flexibility index (Phi) is 4.15. The fraction of sp³-hybridized carbons (Fsp3) is 0.333. The van der Waals surface area contributed by atoms with Crippen LogP contribution < -0.4 is 0 Å². The van der Waals surface area contributed by atoms with Crippen molar-refractivity contribution >= 4 is 11.8 Å². The predicted octanol–water partition coefficient (Wildman–Crippen LogP) is 2.78. The van der Waals surface area contributed by atoms with Gasteiger partial charge in [-0.05, 0) is 6.26 Å². The van der Waals surface area contributed by atoms with Gasteiger partial charge in [-0.3, -0.25) is 0 Å². The van der Waals surface area contributed by atoms with E-state index in [4.69, 9.17) is 0 Å². The van der Waals surface area contributed by atoms with Gasteiger partial charge in [-0.2, -0.15) is 11.8 Å². The Morgan fingerprint density at radius 3 is 1.69 bits per heavy atom. The van der Waals surface area contributed by atoms with Gasteiger partial charge in [-0.1, -0.05) is 0 Å². The van der Waals surface area contributed by atoms with Crippen LogP contribution in [0.1, 0.15) is 11.7 Å². The lowest BCUT2D eigenvalue weighted by Crippen LogP contribution is -2.12. The van der Waals surface area contributed by atoms with Gasteiger partial charge in [0, 0.05) is 5.75 Å². The molecule has 0 fully saturated rings. The molecule has 1 aromatic rings. The maximum absolute atomic E-state index is 13.1. The van der Waals surface area contributed by atoms with Gasteiger partial charge in [0.25, 0.3) is 0 Å². The smallest absolute Gasteiger partial charge is 0.200 e. The molecule has 1 nitrogen and oxygen atoms in total. The summed E-state index contributed by atoms with van der Waals surface area (Å²) in [4.78, 5) is 0. The van der Waals surface area contributed by atoms with E-state index in [0.29, 0.717) is 0 Å². The Morgan fingerprint density at radius 1 is 0.938 bits per heavy atom. The van der Waals surface area contributed by atoms with Crippen molar-refractivity contribution in [2.24, 2.45) is 0 Å². The molecule has 0 aromatic heterocycles. The second-order valence-corrected chi connectivity index (χ2v) is 3.87. The number of aliphatic hydroxyl groups excluding tert-OH is 1. The largest absolute Gasteiger partial charge is 0.387 e. The molecular weight excluding hydrogens is 251 g/mol. The van der Waals surface area contributed by atoms with Crippen molar-refractivity contribution in [3.63, 3.8) is 0 Å². The predicted molar refractivity (Wildman–Crippen MR) is 49.6 cm³/mol. The summed E-state index contributed by atoms with van der Waals surface area (Å²) in [7, 11) is 0. The number of hydrogen-bond donors (Lipinski definition) is 1. The average molecular weight is 258 g/mol. The quantitative estimate of drug-likeness (QED) is 0.511. The zero-order chi connectivity index (χ0) is 12.5. The van der Waals surface area contributed by atoms with E-state index in [0.717, 1.165) is 11.8 Å². The molecule has 90 valence electrons. The Labute approximate surface area is 92.3 Å². The van der Waals surface area contributed by atoms with Crippen LogP contribution in [0.15, 0.2) is 0 Å². The van der Waals surface area contributed by atoms with E-state index in [2.05, 4.69) is 0 Å². The topological polar surface area (TPSA) is 20.2 Å². The van der Waals surface area contributed by atoms with Crippen molar-refractivity contribution in [2.45, 2.75) is 6.10 Å². The monoisotopic (exact) mass is 258 g/mol. The summed E-state index contributed by atoms with van der Waals surface area (Å²) < 4.78 is 64.3. The van der Waals surface area contributed by atoms with Crippen molar-refractivity contribution < 1.29 is 27.1 Å². The molecule has 16 heavy (non-hydrogen) atoms. The van der Waals surface area contributed by atoms with Crippen LogP contribution in [0.5, 0.6) is 0 Å². The third-order valence-electron chi connectivity index (χ3n) is 1.90. The summed E-state index contributed by atoms with van der Waals surface area (Å²) in [6.07, 6.45) is -0.213. The normalized spacial score (nSPS) is 12.9. The molecule has 0 saturated carbocycles. The molecular formula is C9H7F5OS. The molecule has 0 heterocycles. The summed E-state index contributed by atoms with van der Waals surface area (Å²) in [5, 5.41) is 9.27. The lowest BCUT2D eigenvalue weighted by Gasteiger charge is -2.13. The van der Waals surface area contributed by atoms with E-state index in [1.54, 1.807) is 0 Å². The first-order chi connectivity index (χ1) is 7.41. The van der Waals surface area contributed by atoms with Crippen LogP contribution in [0.25, 0.3) is 0 Å². The molecule has 1 unspecified atom stereocenters. The van der Waals surface area contributed by atoms with E-state index < -0.39 is 40.8 Å². The second-order valence-electron chi connectivity index (χ2n) is 2.95. The Hall–Kier alpha value is -0.820. The van der Waals surface area contributed by atoms with Crippen molar-refractivity contribution in [3.05, 3.63) is 34.6 Å². The minimum atomic E-state index is -2.23. The van der Waals surface area contributed by atoms with Crippen molar-refractivity contribution in [2.75, 3.05) is 12.0 Å². The van der Waals surface area contributed by atoms with Crippen molar-refractivity contribution in [1.82, 2.24) is 0 Å². The van der Waals surface area contributed by atoms with E-state index in [9.17, 15) is 27.1 Å². The molecule has 0 aliphatic carbocycles. The molecule has 0 spiro atoms. The molecule has 0 aliphatic rings. The Bertz CT molecular complexity index is 380. The minimum absolute atomic E-state index is 0.168. The van der Waals surface area contributed by atoms with Gasteiger partial charge < -0.3 is 5.11 Å². The van der Waals surface area contributed by atoms with E-state index in [-0.39, 0.29) is 5.75 Å². The third-order valence-corrected chi connectivity index (χ3v) is 2.55. The van der Waals surface area contributed by atoms with Crippen LogP contribution in [0, 0.1) is 29.1 Å². The van der Waals surface area contributed by atoms with Crippen LogP contribution in [0.4, 0.5) is 22.0 Å². The molecule has 0 radical (unpaired) electrons. The highest BCUT2D eigenvalue weighted by molar-refractivity contribution is 7.98. The molecule has 0 amide bonds. The zero-order valence-corrected chi connectivity index (χ0v) is 8.85. The van der Waals surface area contributed by atoms with Crippen LogP contribution in [-0.4, -0.2) is 17.1 Å². The Morgan fingerprint density at radius 2 is 1.31 bits per heavy atom. The highest BCUT2D eigenvalue weighted by Crippen LogP contribution is 2.28. The number of hydrogen-bond acceptors (Lipinski definition) is 2. The first kappa shape index (κ1) is 13.2. The minimum Gasteiger partial charge on any atom is -0.387 e. The Balaban J connectivity index is 3.39. The zero-order valence-electron chi connectivity index (χ0n) is 8.03. The van der Waals surface area contributed by atoms with Gasteiger partial charge in [0.05, 0.1) is 11.7 Å². The van der Waals surface area contributed by atoms with Crippen molar-refractivity contribution in [1.29, 1.82) is 0 Å². The van der Waals surface area contributed by atoms with Gasteiger partial charge in [0.1, 0.15) is 0 Å². The van der Waals surface area contributed by atoms with Gasteiger partial charge in [-0.15, -0.1) is 0 Å². The third kappa shape index (κ3) is 2.15. The van der Waals surface area contributed by atoms with Crippen LogP contribution in [0.3, 0.4) is 0 Å². The average Bonchev–Trinajstić information content (AvgIpc) is 2.24. The fourth-order valence-corrected chi connectivity index (χ4v) is 1.64. The molecule has 1 rings (SSSR count). The number of aliphatic hydroxyl groups is 1. The molecule has 1 atom stereocenters. The molecule has 0 aliphatic heterocycles. The summed E-state index contributed by atoms with van der Waals surface area (Å²) in [6, 6.07) is 0. The SMILES string of the molecule is CSCC(O)c1c(F)c(F)c(F)c(F)c1F. The first-order valence-electron chi connectivity index (χ1n) is 4.10. The number of benzene rings is 1. The highest BCUT2D eigenvalue weighted by atomic mass is 32.2. The molecule has 1 aromatic carbocycles. The van der Waals surface area contributed by atoms with Crippen LogP contribution in [0.2, 0.25) is 0 Å². The molecule has 1 N–H and O–H groups in total. The summed E-state index contributed by atoms with van der Waals surface area (Å²) in [5.74, 6) is -10.5. The fourth-order valence-electron chi connectivity index (χ4n) is 1.16. The highest BCUT2D eigenvalue weighted by Gasteiger charge is 2.29. The van der Waals surface area contributed by atoms with Gasteiger partial charge >= 0.3 is 0 Å². The standard InChI is InChI=1S/C9H7F5OS/c1-16-2-3(15)4-5(10)7(12)9(14)8(13)6(4)11/h3,15H,2H2,1H3. The van der Waals surface area contributed by atoms with Gasteiger partial charge in [0.2, 0.25) is 5.82 Å². The summed E-state index contributed by atoms with van der Waals surface area (Å²) >= 11 is 1.02. The van der Waals surface area contributed by atoms with Crippen LogP contribution in [-0.2, 0) is 0 Å². The number of halogens is 5. The van der Waals surface area contributed by atoms with E-state index in [1.165, 1.54) is 6.26 Å². The lowest BCUT2D eigenvalue weighted by atomic mass is 10.1. The first-order valence-corrected chi connectivity index (χ1v) is 5.49. The number of thioether (sulfide) groups is 1. The lowest BCUT2D eigenvalue weighted by molar-refractivity contribution is 0.188. The van der Waals surface area contributed by atoms with E-state index in [1.807, 2.05) is 0 Å². The summed E-state index contributed by atoms with van der Waals surface area (Å²) in [5.41, 5.74) is -1.19. The second kappa shape index (κ2) is 5.01. The maximum atomic E-state index is 13.1. The summed E-state index contributed by atoms with van der Waals surface area (Å²) in [6.45, 7) is 0. The maximum Gasteiger partial charge on any atom is 0.200 e. The van der Waals surface area contributed by atoms with E-state index >= 15 is 0 Å². The number of rotatable bonds is 3.